The molecule has 2 aliphatic rings. The van der Waals surface area contributed by atoms with E-state index in [0.717, 1.165) is 22.6 Å². The minimum Gasteiger partial charge on any atom is -0.508 e. The van der Waals surface area contributed by atoms with Crippen molar-refractivity contribution in [2.75, 3.05) is 0 Å². The average Bonchev–Trinajstić information content (AvgIpc) is 3.41. The predicted octanol–water partition coefficient (Wildman–Crippen LogP) is 8.88. The van der Waals surface area contributed by atoms with E-state index in [1.165, 1.54) is 22.3 Å². The second kappa shape index (κ2) is 12.2. The molecule has 0 saturated carbocycles. The fraction of sp³-hybridized carbons (Fsp3) is 0.474. The van der Waals surface area contributed by atoms with Crippen LogP contribution in [0, 0.1) is 0 Å². The number of hydrogen-bond donors (Lipinski definition) is 1. The van der Waals surface area contributed by atoms with Crippen molar-refractivity contribution >= 4 is 11.9 Å². The lowest BCUT2D eigenvalue weighted by Crippen LogP contribution is -2.23. The van der Waals surface area contributed by atoms with Crippen LogP contribution >= 0.6 is 0 Å². The minimum atomic E-state index is -0.137. The third-order valence-corrected chi connectivity index (χ3v) is 7.50. The van der Waals surface area contributed by atoms with Gasteiger partial charge >= 0.3 is 11.9 Å². The molecule has 0 saturated heterocycles. The Hall–Kier alpha value is -3.60. The fourth-order valence-electron chi connectivity index (χ4n) is 5.80. The van der Waals surface area contributed by atoms with Crippen LogP contribution in [0.5, 0.6) is 17.2 Å². The van der Waals surface area contributed by atoms with E-state index in [4.69, 9.17) is 14.6 Å². The molecule has 0 amide bonds. The topological polar surface area (TPSA) is 72.8 Å². The van der Waals surface area contributed by atoms with Gasteiger partial charge in [0, 0.05) is 11.1 Å². The van der Waals surface area contributed by atoms with Crippen molar-refractivity contribution in [2.24, 2.45) is 0 Å². The molecule has 3 aromatic rings. The molecule has 0 fully saturated rings. The first-order valence-electron chi connectivity index (χ1n) is 15.1. The molecule has 0 atom stereocenters. The van der Waals surface area contributed by atoms with Crippen LogP contribution in [-0.4, -0.2) is 17.0 Å². The van der Waals surface area contributed by atoms with Gasteiger partial charge in [0.1, 0.15) is 17.2 Å². The Bertz CT molecular complexity index is 1370. The lowest BCUT2D eigenvalue weighted by atomic mass is 9.73. The Morgan fingerprint density at radius 3 is 1.12 bits per heavy atom. The molecule has 5 nitrogen and oxygen atoms in total. The van der Waals surface area contributed by atoms with Gasteiger partial charge < -0.3 is 14.6 Å². The number of para-hydroxylation sites is 1. The van der Waals surface area contributed by atoms with Gasteiger partial charge in [-0.1, -0.05) is 113 Å². The van der Waals surface area contributed by atoms with E-state index in [0.29, 0.717) is 18.6 Å². The number of benzene rings is 3. The zero-order chi connectivity index (χ0) is 32.5. The van der Waals surface area contributed by atoms with Gasteiger partial charge in [-0.05, 0) is 68.2 Å². The second-order valence-corrected chi connectivity index (χ2v) is 15.6. The summed E-state index contributed by atoms with van der Waals surface area (Å²) in [6.07, 6.45) is 0.817. The number of rotatable bonds is 0. The molecule has 2 aliphatic heterocycles. The molecule has 3 aromatic carbocycles. The number of aromatic hydroxyl groups is 1. The number of hydrogen-bond acceptors (Lipinski definition) is 5. The maximum atomic E-state index is 11.5. The summed E-state index contributed by atoms with van der Waals surface area (Å²) in [4.78, 5) is 23.0. The van der Waals surface area contributed by atoms with E-state index in [1.54, 1.807) is 24.3 Å². The first-order valence-corrected chi connectivity index (χ1v) is 15.1. The summed E-state index contributed by atoms with van der Waals surface area (Å²) >= 11 is 0. The van der Waals surface area contributed by atoms with Crippen molar-refractivity contribution in [3.8, 4) is 17.2 Å². The highest BCUT2D eigenvalue weighted by Gasteiger charge is 2.35. The highest BCUT2D eigenvalue weighted by atomic mass is 16.5. The van der Waals surface area contributed by atoms with Crippen LogP contribution in [0.3, 0.4) is 0 Å². The van der Waals surface area contributed by atoms with Crippen LogP contribution in [0.4, 0.5) is 0 Å². The third kappa shape index (κ3) is 8.28. The number of phenolic OH excluding ortho intramolecular Hbond substituents is 1. The Morgan fingerprint density at radius 2 is 0.860 bits per heavy atom. The Labute approximate surface area is 258 Å². The number of fused-ring (bicyclic) bond motifs is 2. The molecular formula is C38H50O5. The fourth-order valence-corrected chi connectivity index (χ4v) is 5.80. The van der Waals surface area contributed by atoms with Gasteiger partial charge in [-0.2, -0.15) is 0 Å². The van der Waals surface area contributed by atoms with Crippen molar-refractivity contribution in [3.63, 3.8) is 0 Å². The quantitative estimate of drug-likeness (QED) is 0.210. The van der Waals surface area contributed by atoms with E-state index in [1.807, 2.05) is 18.2 Å². The molecule has 2 heterocycles. The maximum absolute atomic E-state index is 11.5. The molecule has 43 heavy (non-hydrogen) atoms. The average molecular weight is 587 g/mol. The normalized spacial score (nSPS) is 14.4. The van der Waals surface area contributed by atoms with Crippen LogP contribution in [-0.2, 0) is 44.1 Å². The van der Waals surface area contributed by atoms with Crippen molar-refractivity contribution in [2.45, 2.75) is 118 Å². The lowest BCUT2D eigenvalue weighted by Gasteiger charge is -2.31. The Morgan fingerprint density at radius 1 is 0.512 bits per heavy atom. The van der Waals surface area contributed by atoms with Gasteiger partial charge in [0.2, 0.25) is 0 Å². The van der Waals surface area contributed by atoms with E-state index >= 15 is 0 Å². The predicted molar refractivity (Wildman–Crippen MR) is 174 cm³/mol. The molecule has 0 unspecified atom stereocenters. The number of ether oxygens (including phenoxy) is 2. The summed E-state index contributed by atoms with van der Waals surface area (Å²) in [5.41, 5.74) is 7.52. The van der Waals surface area contributed by atoms with Crippen LogP contribution in [0.1, 0.15) is 116 Å². The lowest BCUT2D eigenvalue weighted by molar-refractivity contribution is -0.132. The second-order valence-electron chi connectivity index (χ2n) is 15.6. The molecule has 232 valence electrons. The molecule has 0 aromatic heterocycles. The van der Waals surface area contributed by atoms with Gasteiger partial charge in [0.15, 0.2) is 0 Å². The van der Waals surface area contributed by atoms with Crippen LogP contribution in [0.2, 0.25) is 0 Å². The SMILES string of the molecule is CC(C)(C)c1ccc2c(c1C(C)(C)C)CC(=O)O2.CC(C)(C)c1ccc2c(c1C(C)(C)C)CC(=O)O2.Oc1ccccc1. The van der Waals surface area contributed by atoms with Gasteiger partial charge in [-0.3, -0.25) is 9.59 Å². The molecule has 0 radical (unpaired) electrons. The first-order chi connectivity index (χ1) is 19.6. The molecule has 5 rings (SSSR count). The molecule has 5 heteroatoms. The largest absolute Gasteiger partial charge is 0.508 e. The molecule has 0 spiro atoms. The molecule has 0 aliphatic carbocycles. The monoisotopic (exact) mass is 586 g/mol. The highest BCUT2D eigenvalue weighted by Crippen LogP contribution is 2.43. The third-order valence-electron chi connectivity index (χ3n) is 7.50. The highest BCUT2D eigenvalue weighted by molar-refractivity contribution is 5.83. The van der Waals surface area contributed by atoms with E-state index in [-0.39, 0.29) is 33.6 Å². The Kier molecular flexibility index (Phi) is 9.60. The van der Waals surface area contributed by atoms with Crippen molar-refractivity contribution in [1.29, 1.82) is 0 Å². The van der Waals surface area contributed by atoms with Gasteiger partial charge in [0.25, 0.3) is 0 Å². The number of carbonyl (C=O) groups excluding carboxylic acids is 2. The van der Waals surface area contributed by atoms with E-state index in [9.17, 15) is 9.59 Å². The van der Waals surface area contributed by atoms with E-state index < -0.39 is 0 Å². The zero-order valence-electron chi connectivity index (χ0n) is 28.2. The van der Waals surface area contributed by atoms with Crippen molar-refractivity contribution < 1.29 is 24.2 Å². The number of phenols is 1. The van der Waals surface area contributed by atoms with Crippen molar-refractivity contribution in [1.82, 2.24) is 0 Å². The van der Waals surface area contributed by atoms with Crippen LogP contribution in [0.15, 0.2) is 54.6 Å². The summed E-state index contributed by atoms with van der Waals surface area (Å²) in [6.45, 7) is 26.4. The summed E-state index contributed by atoms with van der Waals surface area (Å²) < 4.78 is 10.5. The summed E-state index contributed by atoms with van der Waals surface area (Å²) in [5, 5.41) is 8.63. The molecular weight excluding hydrogens is 536 g/mol. The zero-order valence-corrected chi connectivity index (χ0v) is 28.2. The maximum Gasteiger partial charge on any atom is 0.315 e. The minimum absolute atomic E-state index is 0.0158. The summed E-state index contributed by atoms with van der Waals surface area (Å²) in [5.74, 6) is 1.54. The molecule has 0 bridgehead atoms. The van der Waals surface area contributed by atoms with Gasteiger partial charge in [0.05, 0.1) is 12.8 Å². The van der Waals surface area contributed by atoms with Gasteiger partial charge in [-0.25, -0.2) is 0 Å². The number of carbonyl (C=O) groups is 2. The summed E-state index contributed by atoms with van der Waals surface area (Å²) in [6, 6.07) is 16.8. The molecule has 1 N–H and O–H groups in total. The van der Waals surface area contributed by atoms with Crippen molar-refractivity contribution in [3.05, 3.63) is 88.0 Å². The van der Waals surface area contributed by atoms with E-state index in [2.05, 4.69) is 95.2 Å². The Balaban J connectivity index is 0.000000193. The standard InChI is InChI=1S/2C16H22O2.C6H6O/c2*1-15(2,3)11-7-8-12-10(9-13(17)18-12)14(11)16(4,5)6;7-6-4-2-1-3-5-6/h2*7-8H,9H2,1-6H3;1-5,7H. The summed E-state index contributed by atoms with van der Waals surface area (Å²) in [7, 11) is 0. The smallest absolute Gasteiger partial charge is 0.315 e. The van der Waals surface area contributed by atoms with Crippen LogP contribution < -0.4 is 9.47 Å². The number of esters is 2. The van der Waals surface area contributed by atoms with Gasteiger partial charge in [-0.15, -0.1) is 0 Å². The van der Waals surface area contributed by atoms with Crippen LogP contribution in [0.25, 0.3) is 0 Å². The first kappa shape index (κ1) is 33.9.